The van der Waals surface area contributed by atoms with E-state index in [0.29, 0.717) is 0 Å². The minimum atomic E-state index is -1.46. The first-order chi connectivity index (χ1) is 10.3. The molecular weight excluding hydrogens is 292 g/mol. The third kappa shape index (κ3) is 1.59. The lowest BCUT2D eigenvalue weighted by Gasteiger charge is -2.21. The minimum absolute atomic E-state index is 0.463. The largest absolute Gasteiger partial charge is 0.507 e. The van der Waals surface area contributed by atoms with Crippen molar-refractivity contribution in [3.05, 3.63) is 52.1 Å². The second-order valence-electron chi connectivity index (χ2n) is 4.70. The molecule has 110 valence electrons. The van der Waals surface area contributed by atoms with E-state index in [4.69, 9.17) is 5.11 Å². The molecule has 0 spiro atoms. The van der Waals surface area contributed by atoms with Gasteiger partial charge >= 0.3 is 5.97 Å². The van der Waals surface area contributed by atoms with Crippen molar-refractivity contribution >= 4 is 17.5 Å². The van der Waals surface area contributed by atoms with Gasteiger partial charge in [-0.2, -0.15) is 0 Å². The Labute approximate surface area is 122 Å². The van der Waals surface area contributed by atoms with Gasteiger partial charge in [-0.25, -0.2) is 4.79 Å². The van der Waals surface area contributed by atoms with E-state index in [1.54, 1.807) is 0 Å². The van der Waals surface area contributed by atoms with Crippen LogP contribution in [0.5, 0.6) is 17.2 Å². The molecule has 3 rings (SSSR count). The summed E-state index contributed by atoms with van der Waals surface area (Å²) >= 11 is 0. The Balaban J connectivity index is 2.47. The maximum absolute atomic E-state index is 12.5. The molecule has 2 aromatic carbocycles. The highest BCUT2D eigenvalue weighted by molar-refractivity contribution is 6.33. The number of aromatic carboxylic acids is 1. The van der Waals surface area contributed by atoms with E-state index in [-0.39, 0.29) is 0 Å². The molecule has 2 aromatic rings. The van der Waals surface area contributed by atoms with Gasteiger partial charge in [-0.3, -0.25) is 9.59 Å². The highest BCUT2D eigenvalue weighted by Crippen LogP contribution is 2.41. The number of fused-ring (bicyclic) bond motifs is 2. The fourth-order valence-electron chi connectivity index (χ4n) is 2.53. The predicted molar refractivity (Wildman–Crippen MR) is 71.7 cm³/mol. The molecule has 0 radical (unpaired) electrons. The zero-order valence-electron chi connectivity index (χ0n) is 10.8. The van der Waals surface area contributed by atoms with Crippen LogP contribution in [0, 0.1) is 0 Å². The number of hydrogen-bond acceptors (Lipinski definition) is 6. The van der Waals surface area contributed by atoms with Gasteiger partial charge in [0.05, 0.1) is 27.8 Å². The summed E-state index contributed by atoms with van der Waals surface area (Å²) in [6, 6.07) is 4.03. The van der Waals surface area contributed by atoms with E-state index in [0.717, 1.165) is 24.3 Å². The average molecular weight is 300 g/mol. The number of carbonyl (C=O) groups is 3. The zero-order valence-corrected chi connectivity index (χ0v) is 10.8. The second kappa shape index (κ2) is 4.32. The lowest BCUT2D eigenvalue weighted by Crippen LogP contribution is -2.24. The third-order valence-electron chi connectivity index (χ3n) is 3.48. The number of carboxylic acid groups (broad SMARTS) is 1. The fourth-order valence-corrected chi connectivity index (χ4v) is 2.53. The Morgan fingerprint density at radius 2 is 1.05 bits per heavy atom. The van der Waals surface area contributed by atoms with Gasteiger partial charge in [-0.1, -0.05) is 0 Å². The normalized spacial score (nSPS) is 12.7. The lowest BCUT2D eigenvalue weighted by atomic mass is 9.80. The summed E-state index contributed by atoms with van der Waals surface area (Å²) in [5.41, 5.74) is -2.43. The van der Waals surface area contributed by atoms with Gasteiger partial charge in [0, 0.05) is 0 Å². The van der Waals surface area contributed by atoms with Crippen LogP contribution in [0.1, 0.15) is 42.2 Å². The van der Waals surface area contributed by atoms with Crippen molar-refractivity contribution in [2.75, 3.05) is 0 Å². The van der Waals surface area contributed by atoms with Crippen LogP contribution in [-0.4, -0.2) is 38.0 Å². The quantitative estimate of drug-likeness (QED) is 0.497. The Bertz CT molecular complexity index is 880. The van der Waals surface area contributed by atoms with E-state index in [1.165, 1.54) is 0 Å². The molecular formula is C15H8O7. The molecule has 22 heavy (non-hydrogen) atoms. The van der Waals surface area contributed by atoms with E-state index in [2.05, 4.69) is 0 Å². The van der Waals surface area contributed by atoms with Crippen LogP contribution in [0.3, 0.4) is 0 Å². The Hall–Kier alpha value is -3.35. The van der Waals surface area contributed by atoms with Gasteiger partial charge in [0.25, 0.3) is 0 Å². The first kappa shape index (κ1) is 13.6. The number of hydrogen-bond donors (Lipinski definition) is 4. The second-order valence-corrected chi connectivity index (χ2v) is 4.70. The Kier molecular flexibility index (Phi) is 2.68. The molecule has 1 aliphatic rings. The number of ketones is 2. The van der Waals surface area contributed by atoms with Crippen molar-refractivity contribution in [1.29, 1.82) is 0 Å². The summed E-state index contributed by atoms with van der Waals surface area (Å²) in [7, 11) is 0. The number of phenolic OH excluding ortho intramolecular Hbond substituents is 3. The van der Waals surface area contributed by atoms with Crippen molar-refractivity contribution in [3.63, 3.8) is 0 Å². The highest BCUT2D eigenvalue weighted by Gasteiger charge is 2.38. The fraction of sp³-hybridized carbons (Fsp3) is 0. The smallest absolute Gasteiger partial charge is 0.336 e. The monoisotopic (exact) mass is 300 g/mol. The van der Waals surface area contributed by atoms with Crippen LogP contribution in [0.2, 0.25) is 0 Å². The third-order valence-corrected chi connectivity index (χ3v) is 3.48. The maximum Gasteiger partial charge on any atom is 0.336 e. The summed E-state index contributed by atoms with van der Waals surface area (Å²) in [5.74, 6) is -5.02. The van der Waals surface area contributed by atoms with Crippen LogP contribution in [0.25, 0.3) is 0 Å². The molecule has 0 unspecified atom stereocenters. The predicted octanol–water partition coefficient (Wildman–Crippen LogP) is 1.28. The molecule has 0 heterocycles. The first-order valence-electron chi connectivity index (χ1n) is 6.08. The number of aromatic hydroxyl groups is 3. The molecule has 0 saturated carbocycles. The standard InChI is InChI=1S/C15H8O7/c16-6-2-1-5(15(21)22)9-10(6)14(20)12-8(18)4-3-7(17)11(12)13(9)19/h1-4,16-18H,(H,21,22). The summed E-state index contributed by atoms with van der Waals surface area (Å²) in [6.07, 6.45) is 0. The molecule has 0 fully saturated rings. The van der Waals surface area contributed by atoms with E-state index < -0.39 is 62.6 Å². The Morgan fingerprint density at radius 3 is 1.50 bits per heavy atom. The van der Waals surface area contributed by atoms with Crippen LogP contribution < -0.4 is 0 Å². The minimum Gasteiger partial charge on any atom is -0.507 e. The molecule has 0 saturated heterocycles. The number of carboxylic acids is 1. The number of benzene rings is 2. The average Bonchev–Trinajstić information content (AvgIpc) is 2.46. The lowest BCUT2D eigenvalue weighted by molar-refractivity contribution is 0.0692. The molecule has 0 bridgehead atoms. The van der Waals surface area contributed by atoms with Crippen LogP contribution >= 0.6 is 0 Å². The van der Waals surface area contributed by atoms with Crippen LogP contribution in [-0.2, 0) is 0 Å². The van der Waals surface area contributed by atoms with Gasteiger partial charge < -0.3 is 20.4 Å². The molecule has 0 amide bonds. The molecule has 1 aliphatic carbocycles. The molecule has 0 aliphatic heterocycles. The summed E-state index contributed by atoms with van der Waals surface area (Å²) < 4.78 is 0. The number of rotatable bonds is 1. The van der Waals surface area contributed by atoms with Crippen molar-refractivity contribution in [3.8, 4) is 17.2 Å². The molecule has 7 heteroatoms. The summed E-state index contributed by atoms with van der Waals surface area (Å²) in [5, 5.41) is 38.6. The SMILES string of the molecule is O=C(O)c1ccc(O)c2c1C(=O)c1c(O)ccc(O)c1C2=O. The number of phenols is 3. The molecule has 0 aromatic heterocycles. The summed E-state index contributed by atoms with van der Waals surface area (Å²) in [4.78, 5) is 36.2. The van der Waals surface area contributed by atoms with Crippen molar-refractivity contribution in [2.45, 2.75) is 0 Å². The van der Waals surface area contributed by atoms with E-state index in [9.17, 15) is 29.7 Å². The molecule has 4 N–H and O–H groups in total. The van der Waals surface area contributed by atoms with Gasteiger partial charge in [0.2, 0.25) is 5.78 Å². The Morgan fingerprint density at radius 1 is 0.682 bits per heavy atom. The molecule has 7 nitrogen and oxygen atoms in total. The highest BCUT2D eigenvalue weighted by atomic mass is 16.4. The van der Waals surface area contributed by atoms with Gasteiger partial charge in [0.1, 0.15) is 17.2 Å². The number of carbonyl (C=O) groups excluding carboxylic acids is 2. The zero-order chi connectivity index (χ0) is 16.2. The van der Waals surface area contributed by atoms with Crippen molar-refractivity contribution < 1.29 is 34.8 Å². The van der Waals surface area contributed by atoms with Gasteiger partial charge in [-0.15, -0.1) is 0 Å². The van der Waals surface area contributed by atoms with Gasteiger partial charge in [0.15, 0.2) is 5.78 Å². The van der Waals surface area contributed by atoms with E-state index >= 15 is 0 Å². The summed E-state index contributed by atoms with van der Waals surface area (Å²) in [6.45, 7) is 0. The molecule has 0 atom stereocenters. The van der Waals surface area contributed by atoms with E-state index in [1.807, 2.05) is 0 Å². The van der Waals surface area contributed by atoms with Crippen LogP contribution in [0.15, 0.2) is 24.3 Å². The van der Waals surface area contributed by atoms with Crippen LogP contribution in [0.4, 0.5) is 0 Å². The van der Waals surface area contributed by atoms with Gasteiger partial charge in [-0.05, 0) is 24.3 Å². The van der Waals surface area contributed by atoms with Crippen molar-refractivity contribution in [1.82, 2.24) is 0 Å². The maximum atomic E-state index is 12.5. The first-order valence-corrected chi connectivity index (χ1v) is 6.08. The van der Waals surface area contributed by atoms with Crippen molar-refractivity contribution in [2.24, 2.45) is 0 Å². The topological polar surface area (TPSA) is 132 Å².